The highest BCUT2D eigenvalue weighted by Gasteiger charge is 2.06. The molecule has 0 aromatic heterocycles. The lowest BCUT2D eigenvalue weighted by Gasteiger charge is -2.08. The molecule has 19 heavy (non-hydrogen) atoms. The number of carbonyl (C=O) groups is 1. The Morgan fingerprint density at radius 2 is 2.11 bits per heavy atom. The highest BCUT2D eigenvalue weighted by molar-refractivity contribution is 5.92. The van der Waals surface area contributed by atoms with Crippen LogP contribution < -0.4 is 15.4 Å². The van der Waals surface area contributed by atoms with E-state index in [1.807, 2.05) is 0 Å². The van der Waals surface area contributed by atoms with Gasteiger partial charge in [0.15, 0.2) is 11.6 Å². The summed E-state index contributed by atoms with van der Waals surface area (Å²) >= 11 is 0. The van der Waals surface area contributed by atoms with E-state index >= 15 is 0 Å². The normalized spacial score (nSPS) is 9.63. The number of nitrogens with one attached hydrogen (secondary N) is 2. The number of hydrogen-bond donors (Lipinski definition) is 2. The molecule has 0 bridgehead atoms. The van der Waals surface area contributed by atoms with E-state index in [0.29, 0.717) is 18.8 Å². The molecule has 1 aromatic carbocycles. The maximum atomic E-state index is 13.3. The fourth-order valence-electron chi connectivity index (χ4n) is 1.33. The second-order valence-corrected chi connectivity index (χ2v) is 3.57. The summed E-state index contributed by atoms with van der Waals surface area (Å²) in [5, 5.41) is 5.46. The average Bonchev–Trinajstić information content (AvgIpc) is 2.35. The van der Waals surface area contributed by atoms with Gasteiger partial charge >= 0.3 is 0 Å². The molecule has 5 nitrogen and oxygen atoms in total. The van der Waals surface area contributed by atoms with E-state index in [1.165, 1.54) is 19.2 Å². The molecule has 2 N–H and O–H groups in total. The van der Waals surface area contributed by atoms with Crippen LogP contribution >= 0.6 is 12.4 Å². The maximum absolute atomic E-state index is 13.3. The van der Waals surface area contributed by atoms with Gasteiger partial charge in [-0.2, -0.15) is 0 Å². The van der Waals surface area contributed by atoms with Crippen LogP contribution in [0.3, 0.4) is 0 Å². The first kappa shape index (κ1) is 17.6. The van der Waals surface area contributed by atoms with Crippen LogP contribution in [-0.2, 0) is 9.53 Å². The van der Waals surface area contributed by atoms with Crippen molar-refractivity contribution < 1.29 is 18.7 Å². The van der Waals surface area contributed by atoms with Crippen molar-refractivity contribution in [3.05, 3.63) is 24.0 Å². The minimum Gasteiger partial charge on any atom is -0.494 e. The molecule has 1 amide bonds. The Morgan fingerprint density at radius 3 is 2.68 bits per heavy atom. The van der Waals surface area contributed by atoms with E-state index in [9.17, 15) is 9.18 Å². The van der Waals surface area contributed by atoms with E-state index in [2.05, 4.69) is 10.6 Å². The van der Waals surface area contributed by atoms with Gasteiger partial charge in [0.05, 0.1) is 20.3 Å². The van der Waals surface area contributed by atoms with Crippen LogP contribution in [0.25, 0.3) is 0 Å². The zero-order valence-corrected chi connectivity index (χ0v) is 11.7. The summed E-state index contributed by atoms with van der Waals surface area (Å²) in [7, 11) is 2.97. The number of halogens is 2. The molecule has 0 saturated heterocycles. The van der Waals surface area contributed by atoms with Gasteiger partial charge in [-0.05, 0) is 12.1 Å². The van der Waals surface area contributed by atoms with Gasteiger partial charge in [0.25, 0.3) is 0 Å². The third-order valence-electron chi connectivity index (χ3n) is 2.20. The van der Waals surface area contributed by atoms with Crippen LogP contribution in [-0.4, -0.2) is 39.8 Å². The minimum atomic E-state index is -0.511. The molecule has 0 saturated carbocycles. The van der Waals surface area contributed by atoms with E-state index in [-0.39, 0.29) is 30.6 Å². The van der Waals surface area contributed by atoms with Gasteiger partial charge in [-0.1, -0.05) is 0 Å². The van der Waals surface area contributed by atoms with Gasteiger partial charge in [-0.15, -0.1) is 12.4 Å². The second-order valence-electron chi connectivity index (χ2n) is 3.57. The van der Waals surface area contributed by atoms with Crippen LogP contribution in [0.1, 0.15) is 0 Å². The summed E-state index contributed by atoms with van der Waals surface area (Å²) in [6, 6.07) is 4.25. The molecule has 0 aliphatic carbocycles. The van der Waals surface area contributed by atoms with Crippen molar-refractivity contribution in [2.24, 2.45) is 0 Å². The highest BCUT2D eigenvalue weighted by Crippen LogP contribution is 2.20. The molecule has 0 unspecified atom stereocenters. The van der Waals surface area contributed by atoms with Crippen molar-refractivity contribution in [2.45, 2.75) is 0 Å². The smallest absolute Gasteiger partial charge is 0.238 e. The van der Waals surface area contributed by atoms with Crippen LogP contribution in [0.4, 0.5) is 10.1 Å². The maximum Gasteiger partial charge on any atom is 0.238 e. The van der Waals surface area contributed by atoms with E-state index in [0.717, 1.165) is 0 Å². The molecule has 1 aromatic rings. The van der Waals surface area contributed by atoms with Crippen molar-refractivity contribution in [2.75, 3.05) is 39.2 Å². The van der Waals surface area contributed by atoms with Crippen LogP contribution in [0, 0.1) is 5.82 Å². The van der Waals surface area contributed by atoms with E-state index in [1.54, 1.807) is 13.2 Å². The van der Waals surface area contributed by atoms with Crippen LogP contribution in [0.2, 0.25) is 0 Å². The van der Waals surface area contributed by atoms with Gasteiger partial charge in [0.1, 0.15) is 0 Å². The zero-order chi connectivity index (χ0) is 13.4. The number of methoxy groups -OCH3 is 2. The third-order valence-corrected chi connectivity index (χ3v) is 2.20. The molecule has 0 radical (unpaired) electrons. The molecule has 0 aliphatic rings. The number of rotatable bonds is 7. The van der Waals surface area contributed by atoms with Crippen molar-refractivity contribution in [3.63, 3.8) is 0 Å². The molecule has 0 fully saturated rings. The van der Waals surface area contributed by atoms with Gasteiger partial charge in [-0.25, -0.2) is 4.39 Å². The Kier molecular flexibility index (Phi) is 8.86. The quantitative estimate of drug-likeness (QED) is 0.747. The van der Waals surface area contributed by atoms with E-state index in [4.69, 9.17) is 9.47 Å². The topological polar surface area (TPSA) is 59.6 Å². The predicted octanol–water partition coefficient (Wildman–Crippen LogP) is 1.43. The fourth-order valence-corrected chi connectivity index (χ4v) is 1.33. The number of ether oxygens (including phenoxy) is 2. The number of anilines is 1. The van der Waals surface area contributed by atoms with Crippen LogP contribution in [0.15, 0.2) is 18.2 Å². The standard InChI is InChI=1S/C12H17FN2O3.ClH/c1-17-6-5-14-8-12(16)15-9-3-4-11(18-2)10(13)7-9;/h3-4,7,14H,5-6,8H2,1-2H3,(H,15,16);1H. The van der Waals surface area contributed by atoms with Gasteiger partial charge in [-0.3, -0.25) is 4.79 Å². The lowest BCUT2D eigenvalue weighted by atomic mass is 10.3. The van der Waals surface area contributed by atoms with Crippen molar-refractivity contribution in [3.8, 4) is 5.75 Å². The molecule has 7 heteroatoms. The summed E-state index contributed by atoms with van der Waals surface area (Å²) < 4.78 is 23.0. The number of hydrogen-bond acceptors (Lipinski definition) is 4. The lowest BCUT2D eigenvalue weighted by Crippen LogP contribution is -2.30. The number of carbonyl (C=O) groups excluding carboxylic acids is 1. The van der Waals surface area contributed by atoms with Gasteiger partial charge < -0.3 is 20.1 Å². The third kappa shape index (κ3) is 6.37. The Hall–Kier alpha value is -1.37. The first-order chi connectivity index (χ1) is 8.67. The van der Waals surface area contributed by atoms with Crippen molar-refractivity contribution >= 4 is 24.0 Å². The molecule has 1 rings (SSSR count). The lowest BCUT2D eigenvalue weighted by molar-refractivity contribution is -0.115. The van der Waals surface area contributed by atoms with Gasteiger partial charge in [0.2, 0.25) is 5.91 Å². The molecule has 0 atom stereocenters. The average molecular weight is 293 g/mol. The van der Waals surface area contributed by atoms with Crippen molar-refractivity contribution in [1.82, 2.24) is 5.32 Å². The Balaban J connectivity index is 0.00000324. The summed E-state index contributed by atoms with van der Waals surface area (Å²) in [6.45, 7) is 1.27. The number of benzene rings is 1. The molecular weight excluding hydrogens is 275 g/mol. The summed E-state index contributed by atoms with van der Waals surface area (Å²) in [5.41, 5.74) is 0.395. The highest BCUT2D eigenvalue weighted by atomic mass is 35.5. The molecular formula is C12H18ClFN2O3. The molecule has 0 aliphatic heterocycles. The molecule has 108 valence electrons. The monoisotopic (exact) mass is 292 g/mol. The summed E-state index contributed by atoms with van der Waals surface area (Å²) in [5.74, 6) is -0.607. The zero-order valence-electron chi connectivity index (χ0n) is 10.9. The predicted molar refractivity (Wildman–Crippen MR) is 73.6 cm³/mol. The molecule has 0 spiro atoms. The SMILES string of the molecule is COCCNCC(=O)Nc1ccc(OC)c(F)c1.Cl. The fraction of sp³-hybridized carbons (Fsp3) is 0.417. The summed E-state index contributed by atoms with van der Waals surface area (Å²) in [4.78, 5) is 11.5. The largest absolute Gasteiger partial charge is 0.494 e. The summed E-state index contributed by atoms with van der Waals surface area (Å²) in [6.07, 6.45) is 0. The van der Waals surface area contributed by atoms with Crippen molar-refractivity contribution in [1.29, 1.82) is 0 Å². The Labute approximate surface area is 117 Å². The Morgan fingerprint density at radius 1 is 1.37 bits per heavy atom. The first-order valence-corrected chi connectivity index (χ1v) is 5.50. The minimum absolute atomic E-state index is 0. The van der Waals surface area contributed by atoms with Crippen LogP contribution in [0.5, 0.6) is 5.75 Å². The van der Waals surface area contributed by atoms with Gasteiger partial charge in [0, 0.05) is 25.4 Å². The first-order valence-electron chi connectivity index (χ1n) is 5.50. The Bertz CT molecular complexity index is 405. The molecule has 0 heterocycles. The number of amides is 1. The van der Waals surface area contributed by atoms with E-state index < -0.39 is 5.82 Å². The second kappa shape index (κ2) is 9.55.